The minimum absolute atomic E-state index is 0.134. The van der Waals surface area contributed by atoms with E-state index in [0.29, 0.717) is 52.3 Å². The van der Waals surface area contributed by atoms with Gasteiger partial charge in [-0.2, -0.15) is 0 Å². The molecule has 0 saturated carbocycles. The Morgan fingerprint density at radius 2 is 1.72 bits per heavy atom. The number of nitrogens with two attached hydrogens (primary N) is 1. The largest absolute Gasteiger partial charge is 0.493 e. The number of nitrogen functional groups attached to an aromatic ring is 1. The summed E-state index contributed by atoms with van der Waals surface area (Å²) in [6.07, 6.45) is 0.559. The lowest BCUT2D eigenvalue weighted by Gasteiger charge is -2.10. The van der Waals surface area contributed by atoms with Crippen molar-refractivity contribution in [2.24, 2.45) is 0 Å². The monoisotopic (exact) mass is 485 g/mol. The molecular weight excluding hydrogens is 461 g/mol. The Morgan fingerprint density at radius 1 is 0.972 bits per heavy atom. The average molecular weight is 486 g/mol. The number of halogens is 1. The Morgan fingerprint density at radius 3 is 2.44 bits per heavy atom. The van der Waals surface area contributed by atoms with Gasteiger partial charge < -0.3 is 20.5 Å². The highest BCUT2D eigenvalue weighted by Crippen LogP contribution is 2.31. The number of carbonyl (C=O) groups excluding carboxylic acids is 1. The number of hydrogen-bond donors (Lipinski definition) is 2. The fourth-order valence-electron chi connectivity index (χ4n) is 4.21. The van der Waals surface area contributed by atoms with Gasteiger partial charge in [-0.05, 0) is 54.4 Å². The summed E-state index contributed by atoms with van der Waals surface area (Å²) < 4.78 is 26.2. The number of hydrogen-bond acceptors (Lipinski definition) is 6. The van der Waals surface area contributed by atoms with Crippen LogP contribution in [0.15, 0.2) is 66.7 Å². The molecule has 0 spiro atoms. The molecule has 0 atom stereocenters. The lowest BCUT2D eigenvalue weighted by molar-refractivity contribution is 0.0956. The van der Waals surface area contributed by atoms with Gasteiger partial charge in [0.2, 0.25) is 0 Å². The Kier molecular flexibility index (Phi) is 6.12. The van der Waals surface area contributed by atoms with E-state index < -0.39 is 11.7 Å². The van der Waals surface area contributed by atoms with E-state index in [1.165, 1.54) is 12.1 Å². The summed E-state index contributed by atoms with van der Waals surface area (Å²) in [5.74, 6) is 0.565. The normalized spacial score (nSPS) is 11.1. The zero-order chi connectivity index (χ0) is 25.2. The third kappa shape index (κ3) is 4.15. The van der Waals surface area contributed by atoms with Crippen molar-refractivity contribution in [3.63, 3.8) is 0 Å². The molecule has 182 valence electrons. The van der Waals surface area contributed by atoms with Crippen LogP contribution in [0.25, 0.3) is 27.9 Å². The van der Waals surface area contributed by atoms with Crippen LogP contribution in [0.1, 0.15) is 15.9 Å². The number of aromatic nitrogens is 3. The Bertz CT molecular complexity index is 1600. The molecule has 1 amide bonds. The van der Waals surface area contributed by atoms with Gasteiger partial charge in [0.15, 0.2) is 17.1 Å². The molecule has 0 saturated heterocycles. The van der Waals surface area contributed by atoms with Crippen molar-refractivity contribution in [2.45, 2.75) is 6.42 Å². The molecule has 36 heavy (non-hydrogen) atoms. The van der Waals surface area contributed by atoms with Crippen molar-refractivity contribution >= 4 is 33.9 Å². The van der Waals surface area contributed by atoms with Crippen LogP contribution in [-0.2, 0) is 6.42 Å². The number of amides is 1. The van der Waals surface area contributed by atoms with Crippen molar-refractivity contribution in [1.29, 1.82) is 0 Å². The quantitative estimate of drug-likeness (QED) is 0.357. The predicted molar refractivity (Wildman–Crippen MR) is 136 cm³/mol. The number of rotatable bonds is 7. The van der Waals surface area contributed by atoms with Crippen molar-refractivity contribution in [2.75, 3.05) is 26.5 Å². The van der Waals surface area contributed by atoms with E-state index in [2.05, 4.69) is 10.3 Å². The van der Waals surface area contributed by atoms with Gasteiger partial charge in [0.1, 0.15) is 22.7 Å². The Hall–Kier alpha value is -4.66. The number of nitrogens with one attached hydrogen (secondary N) is 1. The number of anilines is 1. The van der Waals surface area contributed by atoms with Crippen LogP contribution in [0.3, 0.4) is 0 Å². The van der Waals surface area contributed by atoms with E-state index in [4.69, 9.17) is 20.2 Å². The van der Waals surface area contributed by atoms with E-state index in [-0.39, 0.29) is 11.4 Å². The number of nitrogens with zero attached hydrogens (tertiary/aromatic N) is 3. The fraction of sp³-hybridized carbons (Fsp3) is 0.148. The van der Waals surface area contributed by atoms with Crippen molar-refractivity contribution in [3.8, 4) is 17.2 Å². The summed E-state index contributed by atoms with van der Waals surface area (Å²) in [5.41, 5.74) is 10.1. The van der Waals surface area contributed by atoms with Gasteiger partial charge in [-0.25, -0.2) is 14.4 Å². The van der Waals surface area contributed by atoms with E-state index >= 15 is 0 Å². The van der Waals surface area contributed by atoms with Gasteiger partial charge >= 0.3 is 0 Å². The zero-order valence-corrected chi connectivity index (χ0v) is 19.8. The maximum Gasteiger partial charge on any atom is 0.257 e. The molecule has 5 rings (SSSR count). The van der Waals surface area contributed by atoms with Gasteiger partial charge in [-0.1, -0.05) is 24.3 Å². The molecular formula is C27H24FN5O3. The molecule has 8 nitrogen and oxygen atoms in total. The Balaban J connectivity index is 1.51. The van der Waals surface area contributed by atoms with Crippen LogP contribution >= 0.6 is 0 Å². The number of ether oxygens (including phenoxy) is 2. The fourth-order valence-corrected chi connectivity index (χ4v) is 4.21. The predicted octanol–water partition coefficient (Wildman–Crippen LogP) is 4.28. The molecule has 3 aromatic carbocycles. The maximum absolute atomic E-state index is 14.0. The van der Waals surface area contributed by atoms with Gasteiger partial charge in [-0.15, -0.1) is 0 Å². The molecule has 9 heteroatoms. The summed E-state index contributed by atoms with van der Waals surface area (Å²) in [5, 5.41) is 2.92. The number of para-hydroxylation sites is 2. The van der Waals surface area contributed by atoms with Crippen molar-refractivity contribution < 1.29 is 18.7 Å². The highest BCUT2D eigenvalue weighted by atomic mass is 19.1. The van der Waals surface area contributed by atoms with Crippen molar-refractivity contribution in [1.82, 2.24) is 19.9 Å². The van der Waals surface area contributed by atoms with Crippen LogP contribution < -0.4 is 20.5 Å². The standard InChI is InChI=1S/C27H24FN5O3/c1-35-21-11-10-16(14-22(21)36-2)12-13-30-27(34)23-24-26(32-20-9-4-3-8-19(20)31-24)33(25(23)29)18-7-5-6-17(28)15-18/h3-11,14-15H,12-13,29H2,1-2H3,(H,30,34). The van der Waals surface area contributed by atoms with E-state index in [9.17, 15) is 9.18 Å². The number of benzene rings is 3. The molecule has 3 N–H and O–H groups in total. The lowest BCUT2D eigenvalue weighted by atomic mass is 10.1. The van der Waals surface area contributed by atoms with Gasteiger partial charge in [0.25, 0.3) is 5.91 Å². The number of methoxy groups -OCH3 is 2. The number of fused-ring (bicyclic) bond motifs is 2. The molecule has 2 aromatic heterocycles. The molecule has 2 heterocycles. The highest BCUT2D eigenvalue weighted by molar-refractivity contribution is 6.11. The van der Waals surface area contributed by atoms with Crippen LogP contribution in [0, 0.1) is 5.82 Å². The first kappa shape index (κ1) is 23.1. The van der Waals surface area contributed by atoms with Gasteiger partial charge in [0.05, 0.1) is 30.9 Å². The second-order valence-electron chi connectivity index (χ2n) is 8.16. The SMILES string of the molecule is COc1ccc(CCNC(=O)c2c(N)n(-c3cccc(F)c3)c3nc4ccccc4nc23)cc1OC. The molecule has 0 aliphatic carbocycles. The first-order valence-electron chi connectivity index (χ1n) is 11.3. The number of carbonyl (C=O) groups is 1. The first-order chi connectivity index (χ1) is 17.5. The summed E-state index contributed by atoms with van der Waals surface area (Å²) in [6.45, 7) is 0.349. The average Bonchev–Trinajstić information content (AvgIpc) is 3.17. The van der Waals surface area contributed by atoms with Crippen LogP contribution in [0.5, 0.6) is 11.5 Å². The molecule has 0 radical (unpaired) electrons. The summed E-state index contributed by atoms with van der Waals surface area (Å²) >= 11 is 0. The second-order valence-corrected chi connectivity index (χ2v) is 8.16. The molecule has 5 aromatic rings. The zero-order valence-electron chi connectivity index (χ0n) is 19.8. The van der Waals surface area contributed by atoms with E-state index in [0.717, 1.165) is 5.56 Å². The molecule has 0 aliphatic heterocycles. The van der Waals surface area contributed by atoms with Crippen LogP contribution in [-0.4, -0.2) is 41.2 Å². The summed E-state index contributed by atoms with van der Waals surface area (Å²) in [7, 11) is 3.15. The Labute approximate surface area is 206 Å². The molecule has 0 aliphatic rings. The van der Waals surface area contributed by atoms with Gasteiger partial charge in [0, 0.05) is 6.54 Å². The third-order valence-electron chi connectivity index (χ3n) is 5.94. The van der Waals surface area contributed by atoms with Crippen LogP contribution in [0.4, 0.5) is 10.2 Å². The smallest absolute Gasteiger partial charge is 0.257 e. The minimum Gasteiger partial charge on any atom is -0.493 e. The molecule has 0 fully saturated rings. The summed E-state index contributed by atoms with van der Waals surface area (Å²) in [6, 6.07) is 18.9. The van der Waals surface area contributed by atoms with Crippen molar-refractivity contribution in [3.05, 3.63) is 83.7 Å². The highest BCUT2D eigenvalue weighted by Gasteiger charge is 2.25. The summed E-state index contributed by atoms with van der Waals surface area (Å²) in [4.78, 5) is 22.7. The van der Waals surface area contributed by atoms with E-state index in [1.807, 2.05) is 42.5 Å². The topological polar surface area (TPSA) is 104 Å². The second kappa shape index (κ2) is 9.53. The first-order valence-corrected chi connectivity index (χ1v) is 11.3. The third-order valence-corrected chi connectivity index (χ3v) is 5.94. The van der Waals surface area contributed by atoms with Gasteiger partial charge in [-0.3, -0.25) is 9.36 Å². The van der Waals surface area contributed by atoms with E-state index in [1.54, 1.807) is 30.9 Å². The maximum atomic E-state index is 14.0. The molecule has 0 unspecified atom stereocenters. The lowest BCUT2D eigenvalue weighted by Crippen LogP contribution is -2.26. The molecule has 0 bridgehead atoms. The van der Waals surface area contributed by atoms with Crippen LogP contribution in [0.2, 0.25) is 0 Å². The minimum atomic E-state index is -0.427.